The van der Waals surface area contributed by atoms with E-state index in [1.807, 2.05) is 0 Å². The van der Waals surface area contributed by atoms with Crippen LogP contribution in [-0.4, -0.2) is 38.4 Å². The van der Waals surface area contributed by atoms with Gasteiger partial charge in [-0.1, -0.05) is 46.8 Å². The van der Waals surface area contributed by atoms with Crippen molar-refractivity contribution in [3.05, 3.63) is 12.2 Å². The van der Waals surface area contributed by atoms with Crippen molar-refractivity contribution in [2.75, 3.05) is 20.3 Å². The number of hydrogen-bond donors (Lipinski definition) is 0. The second-order valence-corrected chi connectivity index (χ2v) is 16.1. The van der Waals surface area contributed by atoms with Gasteiger partial charge < -0.3 is 14.2 Å². The predicted molar refractivity (Wildman–Crippen MR) is 157 cm³/mol. The van der Waals surface area contributed by atoms with Gasteiger partial charge in [-0.3, -0.25) is 4.79 Å². The lowest BCUT2D eigenvalue weighted by molar-refractivity contribution is -0.252. The summed E-state index contributed by atoms with van der Waals surface area (Å²) < 4.78 is 16.9. The van der Waals surface area contributed by atoms with E-state index in [4.69, 9.17) is 14.2 Å². The van der Waals surface area contributed by atoms with Crippen LogP contribution < -0.4 is 0 Å². The van der Waals surface area contributed by atoms with E-state index >= 15 is 0 Å². The van der Waals surface area contributed by atoms with E-state index in [1.54, 1.807) is 14.0 Å². The summed E-state index contributed by atoms with van der Waals surface area (Å²) in [7, 11) is 1.55. The number of esters is 2. The average Bonchev–Trinajstić information content (AvgIpc) is 3.25. The van der Waals surface area contributed by atoms with Crippen molar-refractivity contribution in [1.29, 1.82) is 0 Å². The predicted octanol–water partition coefficient (Wildman–Crippen LogP) is 7.77. The number of fused-ring (bicyclic) bond motifs is 7. The molecule has 5 nitrogen and oxygen atoms in total. The first kappa shape index (κ1) is 30.1. The first-order chi connectivity index (χ1) is 18.7. The van der Waals surface area contributed by atoms with Crippen molar-refractivity contribution in [2.24, 2.45) is 56.7 Å². The number of methoxy groups -OCH3 is 1. The maximum Gasteiger partial charge on any atom is 0.332 e. The van der Waals surface area contributed by atoms with Gasteiger partial charge in [-0.25, -0.2) is 4.79 Å². The van der Waals surface area contributed by atoms with Gasteiger partial charge in [0.25, 0.3) is 0 Å². The van der Waals surface area contributed by atoms with Crippen LogP contribution in [0.3, 0.4) is 0 Å². The molecule has 0 N–H and O–H groups in total. The molecule has 5 rings (SSSR count). The monoisotopic (exact) mass is 556 g/mol. The Balaban J connectivity index is 1.47. The topological polar surface area (TPSA) is 61.8 Å². The van der Waals surface area contributed by atoms with Crippen LogP contribution in [0.4, 0.5) is 0 Å². The summed E-state index contributed by atoms with van der Waals surface area (Å²) in [6.45, 7) is 21.5. The van der Waals surface area contributed by atoms with Crippen LogP contribution >= 0.6 is 0 Å². The number of rotatable bonds is 6. The largest absolute Gasteiger partial charge is 0.463 e. The number of ether oxygens (including phenoxy) is 3. The lowest BCUT2D eigenvalue weighted by Gasteiger charge is -2.73. The highest BCUT2D eigenvalue weighted by Gasteiger charge is 2.71. The minimum atomic E-state index is -0.239. The molecule has 5 fully saturated rings. The van der Waals surface area contributed by atoms with Gasteiger partial charge in [0.1, 0.15) is 12.7 Å². The van der Waals surface area contributed by atoms with Crippen LogP contribution in [0.1, 0.15) is 113 Å². The van der Waals surface area contributed by atoms with Crippen molar-refractivity contribution in [1.82, 2.24) is 0 Å². The molecule has 0 amide bonds. The van der Waals surface area contributed by atoms with Crippen LogP contribution in [0.25, 0.3) is 0 Å². The summed E-state index contributed by atoms with van der Waals surface area (Å²) in [5.41, 5.74) is 2.14. The Bertz CT molecular complexity index is 1030. The highest BCUT2D eigenvalue weighted by atomic mass is 16.6. The third kappa shape index (κ3) is 4.25. The molecule has 10 atom stereocenters. The third-order valence-electron chi connectivity index (χ3n) is 14.3. The van der Waals surface area contributed by atoms with E-state index in [0.29, 0.717) is 36.2 Å². The summed E-state index contributed by atoms with van der Waals surface area (Å²) in [5, 5.41) is 0. The molecule has 0 aliphatic heterocycles. The molecule has 5 heteroatoms. The Morgan fingerprint density at radius 1 is 0.825 bits per heavy atom. The molecule has 0 radical (unpaired) electrons. The van der Waals surface area contributed by atoms with Gasteiger partial charge >= 0.3 is 11.9 Å². The number of allylic oxidation sites excluding steroid dienone is 1. The minimum absolute atomic E-state index is 0.0119. The summed E-state index contributed by atoms with van der Waals surface area (Å²) >= 11 is 0. The number of hydrogen-bond acceptors (Lipinski definition) is 5. The highest BCUT2D eigenvalue weighted by Crippen LogP contribution is 2.77. The molecule has 0 heterocycles. The van der Waals surface area contributed by atoms with Crippen LogP contribution in [0.5, 0.6) is 0 Å². The number of carbonyl (C=O) groups excluding carboxylic acids is 2. The van der Waals surface area contributed by atoms with Gasteiger partial charge in [0.2, 0.25) is 0 Å². The van der Waals surface area contributed by atoms with Crippen molar-refractivity contribution in [2.45, 2.75) is 119 Å². The SMILES string of the molecule is C=C(C)[C@@H]1CC[C@]2(COC(=O)COC)CC[C@]3(C)[C@H](CCC4[C@@]5(C)CC[C@H](OC(C)=O)C(C)(C)[C@@H]5CC[C@]43C)[C@@H]12. The molecule has 0 spiro atoms. The van der Waals surface area contributed by atoms with Crippen LogP contribution in [0.2, 0.25) is 0 Å². The molecule has 226 valence electrons. The Labute approximate surface area is 243 Å². The fourth-order valence-electron chi connectivity index (χ4n) is 12.3. The van der Waals surface area contributed by atoms with Crippen LogP contribution in [0, 0.1) is 56.7 Å². The Hall–Kier alpha value is -1.36. The summed E-state index contributed by atoms with van der Waals surface area (Å²) in [5.74, 6) is 2.52. The van der Waals surface area contributed by atoms with E-state index in [9.17, 15) is 9.59 Å². The van der Waals surface area contributed by atoms with Gasteiger partial charge in [-0.2, -0.15) is 0 Å². The molecule has 5 aliphatic rings. The minimum Gasteiger partial charge on any atom is -0.463 e. The Morgan fingerprint density at radius 2 is 1.55 bits per heavy atom. The van der Waals surface area contributed by atoms with E-state index < -0.39 is 0 Å². The van der Waals surface area contributed by atoms with E-state index in [-0.39, 0.29) is 51.7 Å². The van der Waals surface area contributed by atoms with Crippen molar-refractivity contribution >= 4 is 11.9 Å². The van der Waals surface area contributed by atoms with Gasteiger partial charge in [0.05, 0.1) is 6.61 Å². The zero-order chi connectivity index (χ0) is 29.3. The Kier molecular flexibility index (Phi) is 7.62. The standard InChI is InChI=1S/C35H56O5/c1-22(2)24-12-17-35(21-39-29(37)20-38-9)19-18-33(7)25(30(24)35)10-11-27-32(6)15-14-28(40-23(3)36)31(4,5)26(32)13-16-34(27,33)8/h24-28,30H,1,10-21H2,2-9H3/t24-,25+,26-,27?,28-,30+,32-,33+,34+,35+/m0/s1. The van der Waals surface area contributed by atoms with Gasteiger partial charge in [-0.05, 0) is 117 Å². The lowest BCUT2D eigenvalue weighted by Crippen LogP contribution is -2.67. The molecule has 1 unspecified atom stereocenters. The normalized spacial score (nSPS) is 47.2. The smallest absolute Gasteiger partial charge is 0.332 e. The van der Waals surface area contributed by atoms with Crippen molar-refractivity contribution in [3.8, 4) is 0 Å². The second kappa shape index (κ2) is 10.1. The first-order valence-corrected chi connectivity index (χ1v) is 16.1. The zero-order valence-electron chi connectivity index (χ0n) is 26.7. The Morgan fingerprint density at radius 3 is 2.20 bits per heavy atom. The maximum atomic E-state index is 12.4. The van der Waals surface area contributed by atoms with E-state index in [1.165, 1.54) is 44.1 Å². The molecule has 40 heavy (non-hydrogen) atoms. The molecular weight excluding hydrogens is 500 g/mol. The lowest BCUT2D eigenvalue weighted by atomic mass is 9.32. The van der Waals surface area contributed by atoms with E-state index in [2.05, 4.69) is 48.1 Å². The summed E-state index contributed by atoms with van der Waals surface area (Å²) in [4.78, 5) is 24.3. The molecule has 0 aromatic carbocycles. The molecule has 0 aromatic heterocycles. The molecule has 0 saturated heterocycles. The molecule has 5 aliphatic carbocycles. The van der Waals surface area contributed by atoms with Gasteiger partial charge in [0, 0.05) is 24.9 Å². The van der Waals surface area contributed by atoms with Crippen molar-refractivity contribution < 1.29 is 23.8 Å². The molecular formula is C35H56O5. The average molecular weight is 557 g/mol. The van der Waals surface area contributed by atoms with Crippen LogP contribution in [-0.2, 0) is 23.8 Å². The fraction of sp³-hybridized carbons (Fsp3) is 0.886. The van der Waals surface area contributed by atoms with E-state index in [0.717, 1.165) is 25.7 Å². The fourth-order valence-corrected chi connectivity index (χ4v) is 12.3. The quantitative estimate of drug-likeness (QED) is 0.247. The molecule has 0 bridgehead atoms. The van der Waals surface area contributed by atoms with Crippen LogP contribution in [0.15, 0.2) is 12.2 Å². The summed E-state index contributed by atoms with van der Waals surface area (Å²) in [6, 6.07) is 0. The molecule has 5 saturated carbocycles. The van der Waals surface area contributed by atoms with Gasteiger partial charge in [-0.15, -0.1) is 0 Å². The third-order valence-corrected chi connectivity index (χ3v) is 14.3. The number of carbonyl (C=O) groups is 2. The highest BCUT2D eigenvalue weighted by molar-refractivity contribution is 5.70. The first-order valence-electron chi connectivity index (χ1n) is 16.1. The van der Waals surface area contributed by atoms with Crippen molar-refractivity contribution in [3.63, 3.8) is 0 Å². The van der Waals surface area contributed by atoms with Gasteiger partial charge in [0.15, 0.2) is 0 Å². The second-order valence-electron chi connectivity index (χ2n) is 16.1. The molecule has 0 aromatic rings. The maximum absolute atomic E-state index is 12.4. The zero-order valence-corrected chi connectivity index (χ0v) is 26.7. The summed E-state index contributed by atoms with van der Waals surface area (Å²) in [6.07, 6.45) is 11.8.